The molecule has 1 heterocycles. The highest BCUT2D eigenvalue weighted by Gasteiger charge is 2.22. The van der Waals surface area contributed by atoms with E-state index in [9.17, 15) is 19.7 Å². The van der Waals surface area contributed by atoms with Crippen LogP contribution in [0.2, 0.25) is 0 Å². The number of amides is 2. The highest BCUT2D eigenvalue weighted by atomic mass is 16.6. The number of nitrogens with one attached hydrogen (secondary N) is 2. The van der Waals surface area contributed by atoms with E-state index in [0.29, 0.717) is 12.4 Å². The summed E-state index contributed by atoms with van der Waals surface area (Å²) in [6, 6.07) is 9.12. The molecule has 1 atom stereocenters. The van der Waals surface area contributed by atoms with Crippen LogP contribution >= 0.6 is 0 Å². The van der Waals surface area contributed by atoms with Crippen LogP contribution in [-0.2, 0) is 17.8 Å². The minimum atomic E-state index is -0.583. The van der Waals surface area contributed by atoms with Crippen LogP contribution in [0.1, 0.15) is 35.3 Å². The van der Waals surface area contributed by atoms with E-state index in [0.717, 1.165) is 29.4 Å². The lowest BCUT2D eigenvalue weighted by molar-refractivity contribution is -0.384. The van der Waals surface area contributed by atoms with Crippen LogP contribution in [0.5, 0.6) is 11.5 Å². The van der Waals surface area contributed by atoms with Gasteiger partial charge in [0.2, 0.25) is 5.91 Å². The first-order chi connectivity index (χ1) is 14.4. The van der Waals surface area contributed by atoms with Crippen LogP contribution in [0.15, 0.2) is 36.4 Å². The lowest BCUT2D eigenvalue weighted by Gasteiger charge is -2.13. The molecule has 0 aromatic heterocycles. The molecular weight excluding hydrogens is 390 g/mol. The van der Waals surface area contributed by atoms with Crippen molar-refractivity contribution in [2.45, 2.75) is 32.9 Å². The highest BCUT2D eigenvalue weighted by molar-refractivity contribution is 5.96. The van der Waals surface area contributed by atoms with Gasteiger partial charge >= 0.3 is 0 Å². The Morgan fingerprint density at radius 3 is 2.80 bits per heavy atom. The van der Waals surface area contributed by atoms with Gasteiger partial charge < -0.3 is 20.1 Å². The zero-order chi connectivity index (χ0) is 21.7. The molecule has 0 spiro atoms. The molecule has 9 heteroatoms. The third kappa shape index (κ3) is 5.05. The van der Waals surface area contributed by atoms with Crippen molar-refractivity contribution in [2.75, 3.05) is 13.2 Å². The molecule has 2 aromatic rings. The van der Waals surface area contributed by atoms with E-state index in [4.69, 9.17) is 9.47 Å². The van der Waals surface area contributed by atoms with Crippen molar-refractivity contribution < 1.29 is 24.0 Å². The summed E-state index contributed by atoms with van der Waals surface area (Å²) in [5, 5.41) is 16.0. The maximum absolute atomic E-state index is 12.2. The molecule has 158 valence electrons. The van der Waals surface area contributed by atoms with Crippen LogP contribution in [0.25, 0.3) is 0 Å². The first kappa shape index (κ1) is 21.1. The predicted molar refractivity (Wildman–Crippen MR) is 109 cm³/mol. The maximum atomic E-state index is 12.2. The fourth-order valence-electron chi connectivity index (χ4n) is 3.19. The van der Waals surface area contributed by atoms with E-state index < -0.39 is 16.7 Å². The standard InChI is InChI=1S/C21H23N3O6/c1-3-29-18-9-15-7-13(2)30-19(15)10-16(18)11-22-20(25)12-23-21(26)14-5-4-6-17(8-14)24(27)28/h4-6,8-10,13H,3,7,11-12H2,1-2H3,(H,22,25)(H,23,26)/t13-/m1/s1. The predicted octanol–water partition coefficient (Wildman–Crippen LogP) is 2.36. The zero-order valence-corrected chi connectivity index (χ0v) is 16.8. The summed E-state index contributed by atoms with van der Waals surface area (Å²) in [7, 11) is 0. The Morgan fingerprint density at radius 1 is 1.27 bits per heavy atom. The summed E-state index contributed by atoms with van der Waals surface area (Å²) in [5.74, 6) is 0.513. The second-order valence-electron chi connectivity index (χ2n) is 6.90. The Kier molecular flexibility index (Phi) is 6.51. The molecule has 9 nitrogen and oxygen atoms in total. The number of nitro benzene ring substituents is 1. The third-order valence-corrected chi connectivity index (χ3v) is 4.58. The van der Waals surface area contributed by atoms with Crippen molar-refractivity contribution in [1.29, 1.82) is 0 Å². The van der Waals surface area contributed by atoms with Gasteiger partial charge in [-0.15, -0.1) is 0 Å². The Balaban J connectivity index is 1.57. The summed E-state index contributed by atoms with van der Waals surface area (Å²) in [4.78, 5) is 34.6. The summed E-state index contributed by atoms with van der Waals surface area (Å²) in [6.07, 6.45) is 0.912. The maximum Gasteiger partial charge on any atom is 0.270 e. The molecule has 1 aliphatic heterocycles. The van der Waals surface area contributed by atoms with Crippen LogP contribution in [0.3, 0.4) is 0 Å². The molecule has 3 rings (SSSR count). The topological polar surface area (TPSA) is 120 Å². The largest absolute Gasteiger partial charge is 0.494 e. The van der Waals surface area contributed by atoms with Crippen LogP contribution in [0.4, 0.5) is 5.69 Å². The van der Waals surface area contributed by atoms with E-state index in [2.05, 4.69) is 10.6 Å². The van der Waals surface area contributed by atoms with E-state index >= 15 is 0 Å². The molecule has 0 aliphatic carbocycles. The first-order valence-electron chi connectivity index (χ1n) is 9.62. The zero-order valence-electron chi connectivity index (χ0n) is 16.8. The van der Waals surface area contributed by atoms with Crippen molar-refractivity contribution in [3.05, 3.63) is 63.2 Å². The van der Waals surface area contributed by atoms with Gasteiger partial charge in [0, 0.05) is 41.8 Å². The van der Waals surface area contributed by atoms with E-state index in [1.807, 2.05) is 26.0 Å². The molecule has 2 amide bonds. The molecule has 2 aromatic carbocycles. The molecule has 0 unspecified atom stereocenters. The van der Waals surface area contributed by atoms with Gasteiger partial charge in [-0.05, 0) is 32.0 Å². The normalized spacial score (nSPS) is 14.4. The Hall–Kier alpha value is -3.62. The number of hydrogen-bond donors (Lipinski definition) is 2. The van der Waals surface area contributed by atoms with Gasteiger partial charge in [-0.25, -0.2) is 0 Å². The van der Waals surface area contributed by atoms with Crippen molar-refractivity contribution in [3.8, 4) is 11.5 Å². The lowest BCUT2D eigenvalue weighted by atomic mass is 10.1. The van der Waals surface area contributed by atoms with Crippen molar-refractivity contribution in [3.63, 3.8) is 0 Å². The van der Waals surface area contributed by atoms with Crippen LogP contribution < -0.4 is 20.1 Å². The summed E-state index contributed by atoms with van der Waals surface area (Å²) in [6.45, 7) is 4.33. The Morgan fingerprint density at radius 2 is 2.07 bits per heavy atom. The minimum Gasteiger partial charge on any atom is -0.494 e. The fourth-order valence-corrected chi connectivity index (χ4v) is 3.19. The Bertz CT molecular complexity index is 975. The SMILES string of the molecule is CCOc1cc2c(cc1CNC(=O)CNC(=O)c1cccc([N+](=O)[O-])c1)O[C@H](C)C2. The summed E-state index contributed by atoms with van der Waals surface area (Å²) in [5.41, 5.74) is 1.78. The fraction of sp³-hybridized carbons (Fsp3) is 0.333. The number of nitrogens with zero attached hydrogens (tertiary/aromatic N) is 1. The van der Waals surface area contributed by atoms with Crippen LogP contribution in [0, 0.1) is 10.1 Å². The third-order valence-electron chi connectivity index (χ3n) is 4.58. The average molecular weight is 413 g/mol. The summed E-state index contributed by atoms with van der Waals surface area (Å²) < 4.78 is 11.5. The number of carbonyl (C=O) groups excluding carboxylic acids is 2. The number of ether oxygens (including phenoxy) is 2. The average Bonchev–Trinajstić information content (AvgIpc) is 3.09. The molecule has 0 saturated heterocycles. The van der Waals surface area contributed by atoms with Gasteiger partial charge in [0.05, 0.1) is 18.1 Å². The number of non-ortho nitro benzene ring substituents is 1. The quantitative estimate of drug-likeness (QED) is 0.506. The molecule has 0 saturated carbocycles. The van der Waals surface area contributed by atoms with Gasteiger partial charge in [-0.2, -0.15) is 0 Å². The molecule has 30 heavy (non-hydrogen) atoms. The number of rotatable bonds is 8. The van der Waals surface area contributed by atoms with Gasteiger partial charge in [0.15, 0.2) is 0 Å². The number of fused-ring (bicyclic) bond motifs is 1. The Labute approximate surface area is 173 Å². The van der Waals surface area contributed by atoms with Crippen LogP contribution in [-0.4, -0.2) is 36.0 Å². The van der Waals surface area contributed by atoms with Crippen molar-refractivity contribution in [2.24, 2.45) is 0 Å². The minimum absolute atomic E-state index is 0.100. The molecule has 0 fully saturated rings. The van der Waals surface area contributed by atoms with Gasteiger partial charge in [0.1, 0.15) is 17.6 Å². The van der Waals surface area contributed by atoms with Crippen molar-refractivity contribution >= 4 is 17.5 Å². The monoisotopic (exact) mass is 413 g/mol. The number of hydrogen-bond acceptors (Lipinski definition) is 6. The van der Waals surface area contributed by atoms with E-state index in [1.165, 1.54) is 18.2 Å². The highest BCUT2D eigenvalue weighted by Crippen LogP contribution is 2.35. The molecule has 0 radical (unpaired) electrons. The van der Waals surface area contributed by atoms with E-state index in [1.54, 1.807) is 0 Å². The van der Waals surface area contributed by atoms with Gasteiger partial charge in [-0.1, -0.05) is 6.07 Å². The molecule has 2 N–H and O–H groups in total. The number of carbonyl (C=O) groups is 2. The molecule has 0 bridgehead atoms. The molecular formula is C21H23N3O6. The second kappa shape index (κ2) is 9.25. The van der Waals surface area contributed by atoms with Crippen molar-refractivity contribution in [1.82, 2.24) is 10.6 Å². The number of nitro groups is 1. The van der Waals surface area contributed by atoms with Gasteiger partial charge in [0.25, 0.3) is 11.6 Å². The first-order valence-corrected chi connectivity index (χ1v) is 9.62. The smallest absolute Gasteiger partial charge is 0.270 e. The number of benzene rings is 2. The summed E-state index contributed by atoms with van der Waals surface area (Å²) >= 11 is 0. The van der Waals surface area contributed by atoms with Gasteiger partial charge in [-0.3, -0.25) is 19.7 Å². The molecule has 1 aliphatic rings. The lowest BCUT2D eigenvalue weighted by Crippen LogP contribution is -2.36. The van der Waals surface area contributed by atoms with E-state index in [-0.39, 0.29) is 30.4 Å². The second-order valence-corrected chi connectivity index (χ2v) is 6.90.